The molecular formula is C11H15BFNO3. The van der Waals surface area contributed by atoms with Crippen molar-refractivity contribution in [2.24, 2.45) is 0 Å². The molecule has 4 nitrogen and oxygen atoms in total. The van der Waals surface area contributed by atoms with Crippen LogP contribution in [-0.4, -0.2) is 40.5 Å². The molecule has 0 aromatic heterocycles. The molecule has 0 spiro atoms. The monoisotopic (exact) mass is 239 g/mol. The molecule has 2 rings (SSSR count). The van der Waals surface area contributed by atoms with E-state index < -0.39 is 12.9 Å². The van der Waals surface area contributed by atoms with Gasteiger partial charge in [0.05, 0.1) is 7.11 Å². The summed E-state index contributed by atoms with van der Waals surface area (Å²) in [6, 6.07) is 4.95. The minimum Gasteiger partial charge on any atom is -0.494 e. The predicted octanol–water partition coefficient (Wildman–Crippen LogP) is 0.166. The number of benzene rings is 1. The molecule has 0 aliphatic carbocycles. The van der Waals surface area contributed by atoms with Gasteiger partial charge in [0.1, 0.15) is 0 Å². The molecular weight excluding hydrogens is 224 g/mol. The minimum atomic E-state index is -0.660. The van der Waals surface area contributed by atoms with Crippen molar-refractivity contribution in [3.8, 4) is 5.75 Å². The highest BCUT2D eigenvalue weighted by Crippen LogP contribution is 2.14. The molecule has 6 heteroatoms. The lowest BCUT2D eigenvalue weighted by molar-refractivity contribution is 0.186. The van der Waals surface area contributed by atoms with Gasteiger partial charge in [0.15, 0.2) is 11.6 Å². The van der Waals surface area contributed by atoms with E-state index in [4.69, 9.17) is 14.0 Å². The molecule has 1 saturated heterocycles. The average Bonchev–Trinajstić information content (AvgIpc) is 2.30. The third-order valence-electron chi connectivity index (χ3n) is 2.56. The van der Waals surface area contributed by atoms with Crippen LogP contribution in [0.25, 0.3) is 0 Å². The molecule has 0 amide bonds. The van der Waals surface area contributed by atoms with Crippen molar-refractivity contribution >= 4 is 12.6 Å². The van der Waals surface area contributed by atoms with Crippen molar-refractivity contribution in [3.63, 3.8) is 0 Å². The van der Waals surface area contributed by atoms with Crippen LogP contribution in [0.4, 0.5) is 4.39 Å². The summed E-state index contributed by atoms with van der Waals surface area (Å²) in [6.07, 6.45) is 0. The fourth-order valence-corrected chi connectivity index (χ4v) is 1.70. The van der Waals surface area contributed by atoms with Gasteiger partial charge in [0.2, 0.25) is 0 Å². The summed E-state index contributed by atoms with van der Waals surface area (Å²) in [6.45, 7) is 2.46. The standard InChI is InChI=1S/C11H15BFNO3/c1-15-10-4-2-3-9(11(10)13)12-16-7-5-14-6-8-17-12/h2-4,14H,5-8H2,1H3. The first-order valence-corrected chi connectivity index (χ1v) is 5.59. The van der Waals surface area contributed by atoms with Crippen LogP contribution in [0.5, 0.6) is 5.75 Å². The molecule has 1 heterocycles. The molecule has 1 aromatic carbocycles. The van der Waals surface area contributed by atoms with Gasteiger partial charge in [-0.25, -0.2) is 4.39 Å². The summed E-state index contributed by atoms with van der Waals surface area (Å²) in [5.74, 6) is -0.219. The maximum Gasteiger partial charge on any atom is 0.497 e. The molecule has 0 unspecified atom stereocenters. The Bertz CT molecular complexity index is 370. The summed E-state index contributed by atoms with van der Waals surface area (Å²) in [5, 5.41) is 3.13. The molecule has 17 heavy (non-hydrogen) atoms. The Morgan fingerprint density at radius 3 is 2.65 bits per heavy atom. The van der Waals surface area contributed by atoms with Crippen LogP contribution >= 0.6 is 0 Å². The maximum absolute atomic E-state index is 14.0. The normalized spacial score (nSPS) is 17.4. The first-order valence-electron chi connectivity index (χ1n) is 5.59. The third-order valence-corrected chi connectivity index (χ3v) is 2.56. The lowest BCUT2D eigenvalue weighted by Gasteiger charge is -2.19. The molecule has 1 aliphatic heterocycles. The number of methoxy groups -OCH3 is 1. The number of ether oxygens (including phenoxy) is 1. The average molecular weight is 239 g/mol. The topological polar surface area (TPSA) is 39.7 Å². The second kappa shape index (κ2) is 6.00. The van der Waals surface area contributed by atoms with Crippen LogP contribution in [0, 0.1) is 5.82 Å². The molecule has 0 radical (unpaired) electrons. The maximum atomic E-state index is 14.0. The van der Waals surface area contributed by atoms with E-state index in [0.29, 0.717) is 18.7 Å². The van der Waals surface area contributed by atoms with Gasteiger partial charge in [-0.1, -0.05) is 12.1 Å². The van der Waals surface area contributed by atoms with Crippen molar-refractivity contribution < 1.29 is 18.4 Å². The Balaban J connectivity index is 2.19. The lowest BCUT2D eigenvalue weighted by Crippen LogP contribution is -2.44. The van der Waals surface area contributed by atoms with E-state index in [1.165, 1.54) is 7.11 Å². The molecule has 1 N–H and O–H groups in total. The Kier molecular flexibility index (Phi) is 4.36. The van der Waals surface area contributed by atoms with Crippen molar-refractivity contribution in [3.05, 3.63) is 24.0 Å². The predicted molar refractivity (Wildman–Crippen MR) is 63.1 cm³/mol. The number of hydrogen-bond donors (Lipinski definition) is 1. The van der Waals surface area contributed by atoms with Gasteiger partial charge in [-0.05, 0) is 6.07 Å². The highest BCUT2D eigenvalue weighted by Gasteiger charge is 2.27. The molecule has 0 saturated carbocycles. The SMILES string of the molecule is COc1cccc(B2OCCNCCO2)c1F. The molecule has 1 aliphatic rings. The van der Waals surface area contributed by atoms with Crippen LogP contribution < -0.4 is 15.5 Å². The zero-order valence-corrected chi connectivity index (χ0v) is 9.74. The van der Waals surface area contributed by atoms with Crippen molar-refractivity contribution in [2.45, 2.75) is 0 Å². The van der Waals surface area contributed by atoms with Gasteiger partial charge in [-0.15, -0.1) is 0 Å². The Hall–Kier alpha value is -1.11. The fraction of sp³-hybridized carbons (Fsp3) is 0.455. The molecule has 0 bridgehead atoms. The molecule has 1 fully saturated rings. The summed E-state index contributed by atoms with van der Waals surface area (Å²) in [7, 11) is 0.776. The zero-order valence-electron chi connectivity index (χ0n) is 9.74. The number of halogens is 1. The van der Waals surface area contributed by atoms with Crippen molar-refractivity contribution in [1.82, 2.24) is 5.32 Å². The Morgan fingerprint density at radius 2 is 2.00 bits per heavy atom. The molecule has 1 aromatic rings. The van der Waals surface area contributed by atoms with Gasteiger partial charge in [0, 0.05) is 31.8 Å². The zero-order chi connectivity index (χ0) is 12.1. The summed E-state index contributed by atoms with van der Waals surface area (Å²) < 4.78 is 29.9. The van der Waals surface area contributed by atoms with Crippen LogP contribution in [0.2, 0.25) is 0 Å². The largest absolute Gasteiger partial charge is 0.497 e. The van der Waals surface area contributed by atoms with Gasteiger partial charge in [-0.2, -0.15) is 0 Å². The smallest absolute Gasteiger partial charge is 0.494 e. The number of rotatable bonds is 2. The Labute approximate surface area is 100 Å². The van der Waals surface area contributed by atoms with Gasteiger partial charge < -0.3 is 19.4 Å². The highest BCUT2D eigenvalue weighted by atomic mass is 19.1. The quantitative estimate of drug-likeness (QED) is 0.746. The van der Waals surface area contributed by atoms with Gasteiger partial charge in [-0.3, -0.25) is 0 Å². The van der Waals surface area contributed by atoms with E-state index in [-0.39, 0.29) is 5.75 Å². The van der Waals surface area contributed by atoms with Gasteiger partial charge >= 0.3 is 7.12 Å². The number of nitrogens with one attached hydrogen (secondary N) is 1. The van der Waals surface area contributed by atoms with E-state index in [1.807, 2.05) is 0 Å². The van der Waals surface area contributed by atoms with Crippen molar-refractivity contribution in [2.75, 3.05) is 33.4 Å². The highest BCUT2D eigenvalue weighted by molar-refractivity contribution is 6.61. The first-order chi connectivity index (χ1) is 8.33. The van der Waals surface area contributed by atoms with E-state index in [9.17, 15) is 4.39 Å². The van der Waals surface area contributed by atoms with E-state index in [1.54, 1.807) is 18.2 Å². The summed E-state index contributed by atoms with van der Waals surface area (Å²) >= 11 is 0. The van der Waals surface area contributed by atoms with E-state index >= 15 is 0 Å². The van der Waals surface area contributed by atoms with E-state index in [0.717, 1.165) is 13.1 Å². The third kappa shape index (κ3) is 2.97. The Morgan fingerprint density at radius 1 is 1.29 bits per heavy atom. The van der Waals surface area contributed by atoms with Crippen LogP contribution in [0.1, 0.15) is 0 Å². The lowest BCUT2D eigenvalue weighted by atomic mass is 9.78. The first kappa shape index (κ1) is 12.4. The van der Waals surface area contributed by atoms with Crippen LogP contribution in [-0.2, 0) is 9.31 Å². The molecule has 92 valence electrons. The summed E-state index contributed by atoms with van der Waals surface area (Å²) in [4.78, 5) is 0. The van der Waals surface area contributed by atoms with Crippen LogP contribution in [0.3, 0.4) is 0 Å². The summed E-state index contributed by atoms with van der Waals surface area (Å²) in [5.41, 5.74) is 0.381. The molecule has 0 atom stereocenters. The van der Waals surface area contributed by atoms with Crippen LogP contribution in [0.15, 0.2) is 18.2 Å². The van der Waals surface area contributed by atoms with Crippen molar-refractivity contribution in [1.29, 1.82) is 0 Å². The van der Waals surface area contributed by atoms with E-state index in [2.05, 4.69) is 5.32 Å². The fourth-order valence-electron chi connectivity index (χ4n) is 1.70. The minimum absolute atomic E-state index is 0.204. The second-order valence-electron chi connectivity index (χ2n) is 3.69. The second-order valence-corrected chi connectivity index (χ2v) is 3.69. The number of hydrogen-bond acceptors (Lipinski definition) is 4. The van der Waals surface area contributed by atoms with Gasteiger partial charge in [0.25, 0.3) is 0 Å².